The number of unbranched alkanes of at least 4 members (excludes halogenated alkanes) is 4. The molecular weight excluding hydrogens is 530 g/mol. The van der Waals surface area contributed by atoms with Gasteiger partial charge in [0.2, 0.25) is 0 Å². The normalized spacial score (nSPS) is 11.0. The first-order valence-electron chi connectivity index (χ1n) is 8.40. The zero-order chi connectivity index (χ0) is 15.0. The minimum absolute atomic E-state index is 1.06. The van der Waals surface area contributed by atoms with Gasteiger partial charge < -0.3 is 0 Å². The van der Waals surface area contributed by atoms with Gasteiger partial charge >= 0.3 is 143 Å². The van der Waals surface area contributed by atoms with Gasteiger partial charge in [-0.1, -0.05) is 0 Å². The van der Waals surface area contributed by atoms with Gasteiger partial charge in [-0.25, -0.2) is 0 Å². The monoisotopic (exact) mass is 567 g/mol. The van der Waals surface area contributed by atoms with Crippen LogP contribution in [0.2, 0.25) is 17.7 Å². The van der Waals surface area contributed by atoms with Crippen LogP contribution in [-0.4, -0.2) is 18.4 Å². The van der Waals surface area contributed by atoms with Gasteiger partial charge in [-0.05, 0) is 0 Å². The second kappa shape index (κ2) is 17.8. The zero-order valence-electron chi connectivity index (χ0n) is 13.8. The van der Waals surface area contributed by atoms with Crippen molar-refractivity contribution < 1.29 is 18.8 Å². The molecule has 0 spiro atoms. The first-order valence-corrected chi connectivity index (χ1v) is 20.1. The molecule has 0 aromatic rings. The Kier molecular flexibility index (Phi) is 21.6. The third-order valence-corrected chi connectivity index (χ3v) is 20.4. The predicted octanol–water partition coefficient (Wildman–Crippen LogP) is 7.32. The van der Waals surface area contributed by atoms with E-state index >= 15 is 0 Å². The molecule has 0 radical (unpaired) electrons. The topological polar surface area (TPSA) is 0 Å². The van der Waals surface area contributed by atoms with Crippen LogP contribution >= 0.6 is 9.42 Å². The van der Waals surface area contributed by atoms with Gasteiger partial charge in [0.1, 0.15) is 0 Å². The Morgan fingerprint density at radius 1 is 0.579 bits per heavy atom. The van der Waals surface area contributed by atoms with Crippen LogP contribution in [0, 0.1) is 0 Å². The van der Waals surface area contributed by atoms with Crippen LogP contribution in [0.3, 0.4) is 0 Å². The molecule has 0 fully saturated rings. The minimum atomic E-state index is -1.69. The summed E-state index contributed by atoms with van der Waals surface area (Å²) < 4.78 is 6.80. The third kappa shape index (κ3) is 13.2. The Morgan fingerprint density at radius 2 is 0.789 bits per heavy atom. The average Bonchev–Trinajstić information content (AvgIpc) is 2.48. The van der Waals surface area contributed by atoms with Gasteiger partial charge in [0.05, 0.1) is 0 Å². The third-order valence-electron chi connectivity index (χ3n) is 4.24. The van der Waals surface area contributed by atoms with Crippen LogP contribution < -0.4 is 0 Å². The molecule has 117 valence electrons. The molecule has 0 nitrogen and oxygen atoms in total. The molecule has 3 heteroatoms. The van der Waals surface area contributed by atoms with Crippen LogP contribution in [-0.2, 0) is 18.8 Å². The predicted molar refractivity (Wildman–Crippen MR) is 90.5 cm³/mol. The molecule has 0 amide bonds. The summed E-state index contributed by atoms with van der Waals surface area (Å²) in [6.45, 7) is 9.48. The van der Waals surface area contributed by atoms with Crippen molar-refractivity contribution in [2.45, 2.75) is 96.8 Å². The fourth-order valence-corrected chi connectivity index (χ4v) is 19.8. The molecule has 0 N–H and O–H groups in total. The van der Waals surface area contributed by atoms with Crippen molar-refractivity contribution in [3.8, 4) is 0 Å². The molecule has 0 bridgehead atoms. The van der Waals surface area contributed by atoms with Gasteiger partial charge in [-0.3, -0.25) is 0 Å². The van der Waals surface area contributed by atoms with Crippen molar-refractivity contribution in [1.29, 1.82) is 0 Å². The number of rotatable bonds is 12. The average molecular weight is 566 g/mol. The summed E-state index contributed by atoms with van der Waals surface area (Å²) in [5.74, 6) is 0. The maximum absolute atomic E-state index is 4.72. The van der Waals surface area contributed by atoms with Gasteiger partial charge in [0.15, 0.2) is 0 Å². The van der Waals surface area contributed by atoms with Crippen LogP contribution in [0.25, 0.3) is 0 Å². The first kappa shape index (κ1) is 23.0. The van der Waals surface area contributed by atoms with E-state index in [1.165, 1.54) is 51.4 Å². The summed E-state index contributed by atoms with van der Waals surface area (Å²) in [7, 11) is 4.72. The van der Waals surface area contributed by atoms with Crippen LogP contribution in [0.15, 0.2) is 0 Å². The van der Waals surface area contributed by atoms with Crippen LogP contribution in [0.1, 0.15) is 79.1 Å². The molecule has 0 unspecified atom stereocenters. The van der Waals surface area contributed by atoms with E-state index in [9.17, 15) is 0 Å². The second-order valence-corrected chi connectivity index (χ2v) is 20.2. The van der Waals surface area contributed by atoms with Crippen LogP contribution in [0.5, 0.6) is 0 Å². The summed E-state index contributed by atoms with van der Waals surface area (Å²) in [4.78, 5) is 0. The second-order valence-electron chi connectivity index (χ2n) is 5.91. The standard InChI is InChI=1S/4C4H9.ClH.Sn.W/c4*1-3-4-2;;;/h4*1,3-4H2,2H3;1H;;/q;;;;;;+1/p-1. The molecule has 0 rings (SSSR count). The van der Waals surface area contributed by atoms with Crippen molar-refractivity contribution in [3.63, 3.8) is 0 Å². The number of hydrogen-bond donors (Lipinski definition) is 0. The number of hydrogen-bond acceptors (Lipinski definition) is 0. The Hall–Kier alpha value is 1.78. The molecule has 0 heterocycles. The van der Waals surface area contributed by atoms with E-state index in [4.69, 9.17) is 9.42 Å². The summed E-state index contributed by atoms with van der Waals surface area (Å²) in [5.41, 5.74) is 0. The molecule has 0 atom stereocenters. The van der Waals surface area contributed by atoms with Gasteiger partial charge in [-0.2, -0.15) is 0 Å². The van der Waals surface area contributed by atoms with Crippen molar-refractivity contribution >= 4 is 27.8 Å². The van der Waals surface area contributed by atoms with E-state index in [-0.39, 0.29) is 0 Å². The Morgan fingerprint density at radius 3 is 0.947 bits per heavy atom. The molecule has 0 aliphatic carbocycles. The zero-order valence-corrected chi connectivity index (χ0v) is 20.3. The van der Waals surface area contributed by atoms with Crippen LogP contribution in [0.4, 0.5) is 0 Å². The van der Waals surface area contributed by atoms with Gasteiger partial charge in [0.25, 0.3) is 0 Å². The first-order chi connectivity index (χ1) is 9.24. The SMILES string of the molecule is CCC[CH2][Sn]([CH2]CCC)([CH2]CCC)[CH2]CCC.[Cl][W]. The molecule has 0 aliphatic rings. The van der Waals surface area contributed by atoms with Crippen molar-refractivity contribution in [1.82, 2.24) is 0 Å². The van der Waals surface area contributed by atoms with Gasteiger partial charge in [0, 0.05) is 0 Å². The Balaban J connectivity index is 0. The molecule has 0 aromatic carbocycles. The van der Waals surface area contributed by atoms with Crippen molar-refractivity contribution in [2.75, 3.05) is 0 Å². The molecule has 0 saturated carbocycles. The van der Waals surface area contributed by atoms with E-state index < -0.39 is 18.4 Å². The van der Waals surface area contributed by atoms with E-state index in [0.717, 1.165) is 18.8 Å². The van der Waals surface area contributed by atoms with E-state index in [1.807, 2.05) is 0 Å². The van der Waals surface area contributed by atoms with Gasteiger partial charge in [-0.15, -0.1) is 0 Å². The molecule has 0 aromatic heterocycles. The Labute approximate surface area is 142 Å². The maximum atomic E-state index is 4.72. The summed E-state index contributed by atoms with van der Waals surface area (Å²) >= 11 is -0.636. The van der Waals surface area contributed by atoms with E-state index in [1.54, 1.807) is 17.7 Å². The van der Waals surface area contributed by atoms with Crippen molar-refractivity contribution in [3.05, 3.63) is 0 Å². The Bertz CT molecular complexity index is 127. The van der Waals surface area contributed by atoms with E-state index in [2.05, 4.69) is 27.7 Å². The summed E-state index contributed by atoms with van der Waals surface area (Å²) in [6, 6.07) is 0. The fraction of sp³-hybridized carbons (Fsp3) is 1.00. The quantitative estimate of drug-likeness (QED) is 0.217. The molecule has 0 aliphatic heterocycles. The summed E-state index contributed by atoms with van der Waals surface area (Å²) in [6.07, 6.45) is 11.8. The molecular formula is C16H36ClSnW. The van der Waals surface area contributed by atoms with E-state index in [0.29, 0.717) is 0 Å². The van der Waals surface area contributed by atoms with Crippen molar-refractivity contribution in [2.24, 2.45) is 0 Å². The number of halogens is 1. The molecule has 19 heavy (non-hydrogen) atoms. The molecule has 0 saturated heterocycles. The fourth-order valence-electron chi connectivity index (χ4n) is 2.96. The summed E-state index contributed by atoms with van der Waals surface area (Å²) in [5, 5.41) is 0.